The Morgan fingerprint density at radius 2 is 2.33 bits per heavy atom. The number of hydrogen-bond donors (Lipinski definition) is 2. The lowest BCUT2D eigenvalue weighted by Crippen LogP contribution is -2.09. The zero-order chi connectivity index (χ0) is 11.0. The fourth-order valence-electron chi connectivity index (χ4n) is 1.96. The van der Waals surface area contributed by atoms with Crippen LogP contribution in [0.25, 0.3) is 0 Å². The predicted octanol–water partition coefficient (Wildman–Crippen LogP) is 2.23. The molecule has 2 unspecified atom stereocenters. The molecule has 1 aromatic rings. The summed E-state index contributed by atoms with van der Waals surface area (Å²) in [6.07, 6.45) is 1.02. The van der Waals surface area contributed by atoms with Crippen LogP contribution in [-0.2, 0) is 11.2 Å². The molecule has 15 heavy (non-hydrogen) atoms. The number of benzene rings is 1. The number of carboxylic acid groups (broad SMARTS) is 1. The molecular weight excluding hydrogens is 190 g/mol. The molecule has 1 aliphatic heterocycles. The highest BCUT2D eigenvalue weighted by Crippen LogP contribution is 2.29. The summed E-state index contributed by atoms with van der Waals surface area (Å²) in [6.45, 7) is 3.84. The Morgan fingerprint density at radius 3 is 3.00 bits per heavy atom. The van der Waals surface area contributed by atoms with Gasteiger partial charge in [0.05, 0.1) is 5.92 Å². The summed E-state index contributed by atoms with van der Waals surface area (Å²) >= 11 is 0. The Morgan fingerprint density at radius 1 is 1.60 bits per heavy atom. The quantitative estimate of drug-likeness (QED) is 0.778. The molecule has 0 amide bonds. The second-order valence-corrected chi connectivity index (χ2v) is 4.23. The lowest BCUT2D eigenvalue weighted by molar-refractivity contribution is -0.138. The first-order valence-corrected chi connectivity index (χ1v) is 5.20. The van der Waals surface area contributed by atoms with Gasteiger partial charge in [-0.05, 0) is 37.5 Å². The Bertz CT molecular complexity index is 401. The summed E-state index contributed by atoms with van der Waals surface area (Å²) < 4.78 is 0. The highest BCUT2D eigenvalue weighted by atomic mass is 16.4. The van der Waals surface area contributed by atoms with E-state index < -0.39 is 11.9 Å². The average molecular weight is 205 g/mol. The van der Waals surface area contributed by atoms with Crippen molar-refractivity contribution in [1.82, 2.24) is 0 Å². The van der Waals surface area contributed by atoms with Gasteiger partial charge in [0, 0.05) is 11.7 Å². The van der Waals surface area contributed by atoms with E-state index in [4.69, 9.17) is 5.11 Å². The van der Waals surface area contributed by atoms with Gasteiger partial charge in [-0.2, -0.15) is 0 Å². The molecule has 80 valence electrons. The van der Waals surface area contributed by atoms with E-state index in [9.17, 15) is 4.79 Å². The van der Waals surface area contributed by atoms with E-state index in [1.54, 1.807) is 6.92 Å². The normalized spacial score (nSPS) is 20.5. The smallest absolute Gasteiger partial charge is 0.310 e. The summed E-state index contributed by atoms with van der Waals surface area (Å²) in [4.78, 5) is 10.8. The van der Waals surface area contributed by atoms with Crippen molar-refractivity contribution in [2.24, 2.45) is 0 Å². The molecule has 3 nitrogen and oxygen atoms in total. The molecule has 2 N–H and O–H groups in total. The molecule has 0 bridgehead atoms. The number of carboxylic acids is 1. The van der Waals surface area contributed by atoms with E-state index in [0.717, 1.165) is 17.7 Å². The van der Waals surface area contributed by atoms with E-state index >= 15 is 0 Å². The van der Waals surface area contributed by atoms with E-state index in [0.29, 0.717) is 6.04 Å². The van der Waals surface area contributed by atoms with Crippen molar-refractivity contribution in [2.45, 2.75) is 32.2 Å². The lowest BCUT2D eigenvalue weighted by Gasteiger charge is -2.09. The second-order valence-electron chi connectivity index (χ2n) is 4.23. The fraction of sp³-hybridized carbons (Fsp3) is 0.417. The van der Waals surface area contributed by atoms with Crippen molar-refractivity contribution in [2.75, 3.05) is 5.32 Å². The van der Waals surface area contributed by atoms with Crippen LogP contribution in [0.15, 0.2) is 18.2 Å². The molecule has 2 atom stereocenters. The summed E-state index contributed by atoms with van der Waals surface area (Å²) in [5.74, 6) is -1.21. The van der Waals surface area contributed by atoms with E-state index in [2.05, 4.69) is 12.2 Å². The van der Waals surface area contributed by atoms with E-state index in [1.165, 1.54) is 5.56 Å². The molecule has 2 rings (SSSR count). The molecule has 3 heteroatoms. The first-order valence-electron chi connectivity index (χ1n) is 5.20. The third-order valence-electron chi connectivity index (χ3n) is 2.93. The van der Waals surface area contributed by atoms with Gasteiger partial charge >= 0.3 is 5.97 Å². The zero-order valence-corrected chi connectivity index (χ0v) is 8.95. The second kappa shape index (κ2) is 3.57. The van der Waals surface area contributed by atoms with Crippen LogP contribution in [0.3, 0.4) is 0 Å². The standard InChI is InChI=1S/C12H15NO2/c1-7-5-10-4-3-9(6-11(10)13-7)8(2)12(14)15/h3-4,6-8,13H,5H2,1-2H3,(H,14,15). The van der Waals surface area contributed by atoms with Crippen LogP contribution in [0, 0.1) is 0 Å². The minimum absolute atomic E-state index is 0.437. The fourth-order valence-corrected chi connectivity index (χ4v) is 1.96. The molecule has 1 aliphatic rings. The van der Waals surface area contributed by atoms with Gasteiger partial charge < -0.3 is 10.4 Å². The molecule has 0 spiro atoms. The van der Waals surface area contributed by atoms with Crippen LogP contribution >= 0.6 is 0 Å². The van der Waals surface area contributed by atoms with Crippen LogP contribution in [-0.4, -0.2) is 17.1 Å². The molecule has 0 fully saturated rings. The average Bonchev–Trinajstić information content (AvgIpc) is 2.55. The Hall–Kier alpha value is -1.51. The van der Waals surface area contributed by atoms with Crippen molar-refractivity contribution in [1.29, 1.82) is 0 Å². The molecule has 0 aliphatic carbocycles. The minimum atomic E-state index is -0.777. The summed E-state index contributed by atoms with van der Waals surface area (Å²) in [5.41, 5.74) is 3.24. The van der Waals surface area contributed by atoms with Crippen molar-refractivity contribution in [3.8, 4) is 0 Å². The van der Waals surface area contributed by atoms with Gasteiger partial charge in [0.2, 0.25) is 0 Å². The van der Waals surface area contributed by atoms with Crippen LogP contribution in [0.1, 0.15) is 30.9 Å². The van der Waals surface area contributed by atoms with Gasteiger partial charge in [0.25, 0.3) is 0 Å². The summed E-state index contributed by atoms with van der Waals surface area (Å²) in [6, 6.07) is 6.35. The van der Waals surface area contributed by atoms with E-state index in [-0.39, 0.29) is 0 Å². The lowest BCUT2D eigenvalue weighted by atomic mass is 9.99. The molecule has 0 aromatic heterocycles. The summed E-state index contributed by atoms with van der Waals surface area (Å²) in [7, 11) is 0. The Kier molecular flexibility index (Phi) is 2.39. The molecule has 1 aromatic carbocycles. The maximum absolute atomic E-state index is 10.8. The molecule has 0 saturated heterocycles. The van der Waals surface area contributed by atoms with Crippen molar-refractivity contribution < 1.29 is 9.90 Å². The monoisotopic (exact) mass is 205 g/mol. The van der Waals surface area contributed by atoms with Crippen LogP contribution in [0.5, 0.6) is 0 Å². The third kappa shape index (κ3) is 1.82. The largest absolute Gasteiger partial charge is 0.481 e. The predicted molar refractivity (Wildman–Crippen MR) is 59.3 cm³/mol. The van der Waals surface area contributed by atoms with Crippen LogP contribution in [0.4, 0.5) is 5.69 Å². The van der Waals surface area contributed by atoms with Crippen LogP contribution in [0.2, 0.25) is 0 Å². The van der Waals surface area contributed by atoms with Crippen molar-refractivity contribution >= 4 is 11.7 Å². The SMILES string of the molecule is CC1Cc2ccc(C(C)C(=O)O)cc2N1. The number of carbonyl (C=O) groups is 1. The van der Waals surface area contributed by atoms with Gasteiger partial charge in [-0.1, -0.05) is 12.1 Å². The van der Waals surface area contributed by atoms with E-state index in [1.807, 2.05) is 18.2 Å². The first-order chi connectivity index (χ1) is 7.08. The number of hydrogen-bond acceptors (Lipinski definition) is 2. The number of nitrogens with one attached hydrogen (secondary N) is 1. The van der Waals surface area contributed by atoms with Gasteiger partial charge in [-0.25, -0.2) is 0 Å². The zero-order valence-electron chi connectivity index (χ0n) is 8.95. The van der Waals surface area contributed by atoms with Gasteiger partial charge in [-0.3, -0.25) is 4.79 Å². The highest BCUT2D eigenvalue weighted by molar-refractivity contribution is 5.76. The molecule has 0 saturated carbocycles. The van der Waals surface area contributed by atoms with Gasteiger partial charge in [0.15, 0.2) is 0 Å². The molecular formula is C12H15NO2. The van der Waals surface area contributed by atoms with Gasteiger partial charge in [0.1, 0.15) is 0 Å². The molecule has 0 radical (unpaired) electrons. The third-order valence-corrected chi connectivity index (χ3v) is 2.93. The van der Waals surface area contributed by atoms with Crippen molar-refractivity contribution in [3.05, 3.63) is 29.3 Å². The Balaban J connectivity index is 2.31. The first kappa shape index (κ1) is 10.0. The Labute approximate surface area is 89.1 Å². The van der Waals surface area contributed by atoms with Gasteiger partial charge in [-0.15, -0.1) is 0 Å². The maximum atomic E-state index is 10.8. The minimum Gasteiger partial charge on any atom is -0.481 e. The summed E-state index contributed by atoms with van der Waals surface area (Å²) in [5, 5.41) is 12.3. The number of aliphatic carboxylic acids is 1. The van der Waals surface area contributed by atoms with Crippen LogP contribution < -0.4 is 5.32 Å². The topological polar surface area (TPSA) is 49.3 Å². The molecule has 1 heterocycles. The maximum Gasteiger partial charge on any atom is 0.310 e. The number of rotatable bonds is 2. The van der Waals surface area contributed by atoms with Crippen molar-refractivity contribution in [3.63, 3.8) is 0 Å². The number of anilines is 1. The highest BCUT2D eigenvalue weighted by Gasteiger charge is 2.20. The number of fused-ring (bicyclic) bond motifs is 1.